The molecule has 2 rings (SSSR count). The van der Waals surface area contributed by atoms with Gasteiger partial charge in [-0.05, 0) is 96.5 Å². The lowest BCUT2D eigenvalue weighted by Gasteiger charge is -2.28. The topological polar surface area (TPSA) is 408 Å². The highest BCUT2D eigenvalue weighted by Gasteiger charge is 2.37. The quantitative estimate of drug-likeness (QED) is 0.0540. The molecule has 0 aromatic heterocycles. The highest BCUT2D eigenvalue weighted by atomic mass is 16.3. The van der Waals surface area contributed by atoms with Crippen LogP contribution in [-0.4, -0.2) is 156 Å². The molecule has 11 atom stereocenters. The molecule has 0 bridgehead atoms. The van der Waals surface area contributed by atoms with Gasteiger partial charge in [0.05, 0.1) is 42.2 Å². The van der Waals surface area contributed by atoms with Gasteiger partial charge in [0.2, 0.25) is 35.4 Å². The highest BCUT2D eigenvalue weighted by Crippen LogP contribution is 2.21. The molecule has 23 heteroatoms. The molecule has 1 saturated heterocycles. The average Bonchev–Trinajstić information content (AvgIpc) is 3.32. The van der Waals surface area contributed by atoms with Crippen LogP contribution in [0.15, 0.2) is 30.3 Å². The van der Waals surface area contributed by atoms with E-state index in [0.717, 1.165) is 0 Å². The predicted octanol–water partition coefficient (Wildman–Crippen LogP) is -3.33. The van der Waals surface area contributed by atoms with Gasteiger partial charge in [0.15, 0.2) is 23.1 Å². The molecule has 23 nitrogen and oxygen atoms in total. The second kappa shape index (κ2) is 32.5. The van der Waals surface area contributed by atoms with E-state index in [9.17, 15) is 63.3 Å². The number of rotatable bonds is 22. The SMILES string of the molecule is CC(C)C[C@@H]1NC(=O)[C@@H](Cc2ccccc2)CC(=O)[C@H](CCN)NC(=O)[C@@H](CC(=O)[C@H](CCN)NC(=O)[C@@H](CC(=O)CO)C(C)O)CCNC(=O)[C@H](C(C)O)CC(=O)[C@H](CCN)NC(=O)[C@H](CCN)NC1=O. The molecule has 1 aromatic carbocycles. The molecule has 404 valence electrons. The Balaban J connectivity index is 2.75. The van der Waals surface area contributed by atoms with Crippen LogP contribution in [0.3, 0.4) is 0 Å². The van der Waals surface area contributed by atoms with Crippen molar-refractivity contribution in [1.82, 2.24) is 31.9 Å². The number of aliphatic hydroxyl groups excluding tert-OH is 3. The third-order valence-corrected chi connectivity index (χ3v) is 12.5. The Labute approximate surface area is 421 Å². The Hall–Kier alpha value is -5.56. The molecular formula is C49H80N10O13. The summed E-state index contributed by atoms with van der Waals surface area (Å²) < 4.78 is 0. The number of hydrogen-bond acceptors (Lipinski definition) is 17. The van der Waals surface area contributed by atoms with Gasteiger partial charge in [-0.2, -0.15) is 0 Å². The van der Waals surface area contributed by atoms with Crippen molar-refractivity contribution < 1.29 is 63.3 Å². The minimum atomic E-state index is -1.41. The van der Waals surface area contributed by atoms with E-state index in [-0.39, 0.29) is 83.6 Å². The molecule has 1 aliphatic rings. The zero-order chi connectivity index (χ0) is 54.1. The second-order valence-electron chi connectivity index (χ2n) is 19.0. The van der Waals surface area contributed by atoms with Crippen molar-refractivity contribution in [2.45, 2.75) is 141 Å². The monoisotopic (exact) mass is 1020 g/mol. The number of nitrogens with one attached hydrogen (secondary N) is 6. The Morgan fingerprint density at radius 3 is 1.75 bits per heavy atom. The Morgan fingerprint density at radius 1 is 0.681 bits per heavy atom. The second-order valence-corrected chi connectivity index (χ2v) is 19.0. The largest absolute Gasteiger partial charge is 0.393 e. The van der Waals surface area contributed by atoms with Crippen LogP contribution >= 0.6 is 0 Å². The third kappa shape index (κ3) is 21.3. The molecule has 0 radical (unpaired) electrons. The first-order chi connectivity index (χ1) is 34.1. The summed E-state index contributed by atoms with van der Waals surface area (Å²) in [6.45, 7) is 4.56. The van der Waals surface area contributed by atoms with E-state index in [1.165, 1.54) is 13.8 Å². The van der Waals surface area contributed by atoms with Crippen LogP contribution in [-0.2, 0) is 54.4 Å². The molecule has 2 unspecified atom stereocenters. The first-order valence-electron chi connectivity index (χ1n) is 24.8. The third-order valence-electron chi connectivity index (χ3n) is 12.5. The zero-order valence-electron chi connectivity index (χ0n) is 42.1. The smallest absolute Gasteiger partial charge is 0.243 e. The van der Waals surface area contributed by atoms with Crippen molar-refractivity contribution in [3.8, 4) is 0 Å². The number of ketones is 4. The number of amides is 6. The van der Waals surface area contributed by atoms with E-state index in [1.54, 1.807) is 30.3 Å². The molecule has 0 saturated carbocycles. The molecular weight excluding hydrogens is 937 g/mol. The first kappa shape index (κ1) is 62.6. The summed E-state index contributed by atoms with van der Waals surface area (Å²) in [6.07, 6.45) is -5.53. The number of nitrogens with two attached hydrogens (primary N) is 4. The summed E-state index contributed by atoms with van der Waals surface area (Å²) in [5, 5.41) is 46.2. The van der Waals surface area contributed by atoms with Gasteiger partial charge in [0.25, 0.3) is 0 Å². The van der Waals surface area contributed by atoms with Crippen molar-refractivity contribution in [2.24, 2.45) is 52.5 Å². The van der Waals surface area contributed by atoms with Gasteiger partial charge >= 0.3 is 0 Å². The molecule has 17 N–H and O–H groups in total. The van der Waals surface area contributed by atoms with Crippen LogP contribution < -0.4 is 54.8 Å². The summed E-state index contributed by atoms with van der Waals surface area (Å²) in [5.74, 6) is -12.9. The van der Waals surface area contributed by atoms with Crippen LogP contribution in [0, 0.1) is 29.6 Å². The van der Waals surface area contributed by atoms with Crippen LogP contribution in [0.1, 0.15) is 97.5 Å². The van der Waals surface area contributed by atoms with Gasteiger partial charge in [-0.15, -0.1) is 0 Å². The lowest BCUT2D eigenvalue weighted by atomic mass is 9.89. The fourth-order valence-electron chi connectivity index (χ4n) is 8.37. The van der Waals surface area contributed by atoms with Crippen molar-refractivity contribution in [2.75, 3.05) is 39.3 Å². The van der Waals surface area contributed by atoms with E-state index < -0.39 is 157 Å². The number of Topliss-reactive ketones (excluding diaryl/α,β-unsaturated/α-hetero) is 4. The summed E-state index contributed by atoms with van der Waals surface area (Å²) in [6, 6.07) is 2.33. The molecule has 6 amide bonds. The first-order valence-corrected chi connectivity index (χ1v) is 24.8. The molecule has 0 spiro atoms. The van der Waals surface area contributed by atoms with E-state index in [1.807, 2.05) is 13.8 Å². The van der Waals surface area contributed by atoms with Gasteiger partial charge in [-0.3, -0.25) is 47.9 Å². The van der Waals surface area contributed by atoms with Crippen molar-refractivity contribution >= 4 is 58.6 Å². The molecule has 0 aliphatic carbocycles. The molecule has 1 fully saturated rings. The fourth-order valence-corrected chi connectivity index (χ4v) is 8.37. The maximum atomic E-state index is 14.4. The van der Waals surface area contributed by atoms with E-state index in [2.05, 4.69) is 31.9 Å². The summed E-state index contributed by atoms with van der Waals surface area (Å²) in [5.41, 5.74) is 24.1. The van der Waals surface area contributed by atoms with E-state index in [4.69, 9.17) is 22.9 Å². The van der Waals surface area contributed by atoms with Gasteiger partial charge in [0, 0.05) is 44.1 Å². The van der Waals surface area contributed by atoms with E-state index >= 15 is 0 Å². The molecule has 72 heavy (non-hydrogen) atoms. The summed E-state index contributed by atoms with van der Waals surface area (Å²) in [7, 11) is 0. The van der Waals surface area contributed by atoms with Crippen molar-refractivity contribution in [3.63, 3.8) is 0 Å². The van der Waals surface area contributed by atoms with Gasteiger partial charge in [-0.1, -0.05) is 44.2 Å². The molecule has 1 heterocycles. The Bertz CT molecular complexity index is 1970. The minimum Gasteiger partial charge on any atom is -0.393 e. The minimum absolute atomic E-state index is 0.0229. The number of benzene rings is 1. The van der Waals surface area contributed by atoms with Crippen molar-refractivity contribution in [3.05, 3.63) is 35.9 Å². The van der Waals surface area contributed by atoms with Gasteiger partial charge < -0.3 is 70.2 Å². The van der Waals surface area contributed by atoms with Gasteiger partial charge in [0.1, 0.15) is 18.7 Å². The number of aliphatic hydroxyl groups is 3. The van der Waals surface area contributed by atoms with E-state index in [0.29, 0.717) is 5.56 Å². The average molecular weight is 1020 g/mol. The Kier molecular flexibility index (Phi) is 28.2. The Morgan fingerprint density at radius 2 is 1.21 bits per heavy atom. The number of carbonyl (C=O) groups is 10. The van der Waals surface area contributed by atoms with Crippen LogP contribution in [0.5, 0.6) is 0 Å². The molecule has 1 aliphatic heterocycles. The lowest BCUT2D eigenvalue weighted by molar-refractivity contribution is -0.137. The van der Waals surface area contributed by atoms with Crippen LogP contribution in [0.2, 0.25) is 0 Å². The predicted molar refractivity (Wildman–Crippen MR) is 264 cm³/mol. The molecule has 1 aromatic rings. The summed E-state index contributed by atoms with van der Waals surface area (Å²) >= 11 is 0. The van der Waals surface area contributed by atoms with Crippen LogP contribution in [0.25, 0.3) is 0 Å². The normalized spacial score (nSPS) is 24.4. The highest BCUT2D eigenvalue weighted by molar-refractivity contribution is 5.98. The number of carbonyl (C=O) groups excluding carboxylic acids is 10. The summed E-state index contributed by atoms with van der Waals surface area (Å²) in [4.78, 5) is 138. The lowest BCUT2D eigenvalue weighted by Crippen LogP contribution is -2.57. The van der Waals surface area contributed by atoms with Crippen LogP contribution in [0.4, 0.5) is 0 Å². The van der Waals surface area contributed by atoms with Gasteiger partial charge in [-0.25, -0.2) is 0 Å². The van der Waals surface area contributed by atoms with Crippen molar-refractivity contribution in [1.29, 1.82) is 0 Å². The fraction of sp³-hybridized carbons (Fsp3) is 0.673. The standard InChI is InChI=1S/C49H80N10O13/c1-27(2)20-40-49(72)58-39(13-18-53)48(71)57-38(12-17-52)43(66)25-35(29(4)62)46(69)54-19-14-31(22-41(64)37(11-16-51)56-47(70)34(28(3)61)24-33(63)26-60)44(67)55-36(10-15-50)42(65)23-32(45(68)59-40)21-30-8-6-5-7-9-30/h5-9,27-29,31-32,34-40,60-62H,10-26,50-53H2,1-4H3,(H,54,69)(H,55,67)(H,56,70)(H,57,71)(H,58,72)(H,59,68)/t28?,29?,31-,32+,34+,35+,36+,37+,38+,39+,40+/m1/s1. The maximum Gasteiger partial charge on any atom is 0.243 e. The number of hydrogen-bond donors (Lipinski definition) is 13. The zero-order valence-corrected chi connectivity index (χ0v) is 42.1. The maximum absolute atomic E-state index is 14.4.